The van der Waals surface area contributed by atoms with Crippen LogP contribution >= 0.6 is 0 Å². The summed E-state index contributed by atoms with van der Waals surface area (Å²) in [7, 11) is 2.02. The third-order valence-corrected chi connectivity index (χ3v) is 3.88. The Morgan fingerprint density at radius 2 is 2.11 bits per heavy atom. The fourth-order valence-electron chi connectivity index (χ4n) is 3.00. The van der Waals surface area contributed by atoms with E-state index in [1.165, 1.54) is 18.5 Å². The number of nitrogens with zero attached hydrogens (tertiary/aromatic N) is 2. The molecule has 0 saturated carbocycles. The molecule has 0 amide bonds. The second-order valence-corrected chi connectivity index (χ2v) is 4.91. The lowest BCUT2D eigenvalue weighted by molar-refractivity contribution is 0.238. The van der Waals surface area contributed by atoms with Gasteiger partial charge in [0.25, 0.3) is 0 Å². The molecule has 0 radical (unpaired) electrons. The monoisotopic (exact) mass is 243 g/mol. The van der Waals surface area contributed by atoms with Crippen molar-refractivity contribution < 1.29 is 0 Å². The maximum Gasteiger partial charge on any atom is 0.0991 e. The quantitative estimate of drug-likeness (QED) is 0.881. The molecule has 0 aliphatic carbocycles. The van der Waals surface area contributed by atoms with Gasteiger partial charge < -0.3 is 5.32 Å². The Morgan fingerprint density at radius 3 is 2.67 bits per heavy atom. The van der Waals surface area contributed by atoms with E-state index < -0.39 is 0 Å². The van der Waals surface area contributed by atoms with Crippen LogP contribution in [0.5, 0.6) is 0 Å². The third kappa shape index (κ3) is 2.55. The first kappa shape index (κ1) is 13.1. The molecular weight excluding hydrogens is 222 g/mol. The second-order valence-electron chi connectivity index (χ2n) is 4.91. The Bertz CT molecular complexity index is 418. The predicted molar refractivity (Wildman–Crippen MR) is 73.2 cm³/mol. The molecule has 96 valence electrons. The van der Waals surface area contributed by atoms with Crippen LogP contribution in [0.25, 0.3) is 0 Å². The Morgan fingerprint density at radius 1 is 1.39 bits per heavy atom. The average Bonchev–Trinajstić information content (AvgIpc) is 2.82. The van der Waals surface area contributed by atoms with Crippen molar-refractivity contribution in [3.05, 3.63) is 35.4 Å². The number of hydrogen-bond acceptors (Lipinski definition) is 3. The molecule has 18 heavy (non-hydrogen) atoms. The molecule has 1 fully saturated rings. The van der Waals surface area contributed by atoms with Gasteiger partial charge in [0.2, 0.25) is 0 Å². The minimum atomic E-state index is 0.496. The number of likely N-dealkylation sites (tertiary alicyclic amines) is 1. The summed E-state index contributed by atoms with van der Waals surface area (Å²) in [6.07, 6.45) is 1.25. The highest BCUT2D eigenvalue weighted by Crippen LogP contribution is 2.36. The van der Waals surface area contributed by atoms with Gasteiger partial charge in [-0.1, -0.05) is 19.1 Å². The van der Waals surface area contributed by atoms with Crippen molar-refractivity contribution in [2.45, 2.75) is 19.4 Å². The summed E-state index contributed by atoms with van der Waals surface area (Å²) >= 11 is 0. The summed E-state index contributed by atoms with van der Waals surface area (Å²) in [5.74, 6) is 0.669. The Hall–Kier alpha value is -1.37. The molecule has 2 rings (SSSR count). The van der Waals surface area contributed by atoms with Crippen molar-refractivity contribution in [2.24, 2.45) is 5.92 Å². The van der Waals surface area contributed by atoms with Crippen LogP contribution in [0, 0.1) is 17.2 Å². The summed E-state index contributed by atoms with van der Waals surface area (Å²) < 4.78 is 0. The van der Waals surface area contributed by atoms with Crippen LogP contribution in [0.3, 0.4) is 0 Å². The maximum absolute atomic E-state index is 8.86. The minimum Gasteiger partial charge on any atom is -0.319 e. The first-order valence-electron chi connectivity index (χ1n) is 6.68. The fraction of sp³-hybridized carbons (Fsp3) is 0.533. The largest absolute Gasteiger partial charge is 0.319 e. The zero-order valence-electron chi connectivity index (χ0n) is 11.2. The fourth-order valence-corrected chi connectivity index (χ4v) is 3.00. The molecule has 3 nitrogen and oxygen atoms in total. The van der Waals surface area contributed by atoms with Gasteiger partial charge in [-0.2, -0.15) is 5.26 Å². The number of hydrogen-bond donors (Lipinski definition) is 1. The molecule has 1 aliphatic heterocycles. The molecule has 1 N–H and O–H groups in total. The lowest BCUT2D eigenvalue weighted by atomic mass is 9.93. The highest BCUT2D eigenvalue weighted by atomic mass is 15.2. The highest BCUT2D eigenvalue weighted by Gasteiger charge is 2.33. The van der Waals surface area contributed by atoms with E-state index in [9.17, 15) is 0 Å². The standard InChI is InChI=1S/C15H21N3/c1-3-18-9-8-14(11-17-2)15(18)13-6-4-12(10-16)5-7-13/h4-7,14-15,17H,3,8-9,11H2,1-2H3. The van der Waals surface area contributed by atoms with E-state index in [4.69, 9.17) is 5.26 Å². The number of nitrogens with one attached hydrogen (secondary N) is 1. The molecule has 0 aromatic heterocycles. The molecule has 1 aromatic carbocycles. The summed E-state index contributed by atoms with van der Waals surface area (Å²) in [4.78, 5) is 2.53. The topological polar surface area (TPSA) is 39.1 Å². The molecule has 1 aromatic rings. The van der Waals surface area contributed by atoms with Gasteiger partial charge in [-0.15, -0.1) is 0 Å². The lowest BCUT2D eigenvalue weighted by Crippen LogP contribution is -2.29. The zero-order valence-corrected chi connectivity index (χ0v) is 11.2. The van der Waals surface area contributed by atoms with Crippen LogP contribution in [0.2, 0.25) is 0 Å². The first-order valence-corrected chi connectivity index (χ1v) is 6.68. The van der Waals surface area contributed by atoms with Crippen LogP contribution < -0.4 is 5.32 Å². The smallest absolute Gasteiger partial charge is 0.0991 e. The van der Waals surface area contributed by atoms with E-state index in [0.29, 0.717) is 12.0 Å². The summed E-state index contributed by atoms with van der Waals surface area (Å²) in [6, 6.07) is 10.8. The van der Waals surface area contributed by atoms with Crippen LogP contribution in [0.1, 0.15) is 30.5 Å². The van der Waals surface area contributed by atoms with E-state index in [-0.39, 0.29) is 0 Å². The lowest BCUT2D eigenvalue weighted by Gasteiger charge is -2.27. The Kier molecular flexibility index (Phi) is 4.35. The number of nitriles is 1. The van der Waals surface area contributed by atoms with Gasteiger partial charge in [-0.05, 0) is 56.7 Å². The van der Waals surface area contributed by atoms with Crippen LogP contribution in [0.4, 0.5) is 0 Å². The van der Waals surface area contributed by atoms with E-state index in [1.807, 2.05) is 19.2 Å². The van der Waals surface area contributed by atoms with Crippen molar-refractivity contribution in [3.63, 3.8) is 0 Å². The van der Waals surface area contributed by atoms with Gasteiger partial charge in [-0.25, -0.2) is 0 Å². The maximum atomic E-state index is 8.86. The van der Waals surface area contributed by atoms with Gasteiger partial charge in [0.15, 0.2) is 0 Å². The summed E-state index contributed by atoms with van der Waals surface area (Å²) in [5.41, 5.74) is 2.08. The third-order valence-electron chi connectivity index (χ3n) is 3.88. The molecule has 0 spiro atoms. The van der Waals surface area contributed by atoms with E-state index in [1.54, 1.807) is 0 Å². The van der Waals surface area contributed by atoms with Crippen LogP contribution in [-0.4, -0.2) is 31.6 Å². The van der Waals surface area contributed by atoms with Crippen LogP contribution in [-0.2, 0) is 0 Å². The van der Waals surface area contributed by atoms with E-state index in [0.717, 1.165) is 18.7 Å². The minimum absolute atomic E-state index is 0.496. The molecule has 1 saturated heterocycles. The van der Waals surface area contributed by atoms with Gasteiger partial charge in [0.05, 0.1) is 11.6 Å². The highest BCUT2D eigenvalue weighted by molar-refractivity contribution is 5.33. The van der Waals surface area contributed by atoms with Crippen molar-refractivity contribution >= 4 is 0 Å². The van der Waals surface area contributed by atoms with Crippen molar-refractivity contribution in [3.8, 4) is 6.07 Å². The predicted octanol–water partition coefficient (Wildman–Crippen LogP) is 2.16. The van der Waals surface area contributed by atoms with E-state index in [2.05, 4.69) is 35.3 Å². The average molecular weight is 243 g/mol. The molecule has 2 unspecified atom stereocenters. The van der Waals surface area contributed by atoms with Crippen molar-refractivity contribution in [1.82, 2.24) is 10.2 Å². The molecule has 0 bridgehead atoms. The zero-order chi connectivity index (χ0) is 13.0. The number of rotatable bonds is 4. The Balaban J connectivity index is 2.23. The summed E-state index contributed by atoms with van der Waals surface area (Å²) in [5, 5.41) is 12.2. The van der Waals surface area contributed by atoms with Gasteiger partial charge >= 0.3 is 0 Å². The first-order chi connectivity index (χ1) is 8.80. The molecule has 1 heterocycles. The van der Waals surface area contributed by atoms with Gasteiger partial charge in [0, 0.05) is 6.04 Å². The molecule has 2 atom stereocenters. The van der Waals surface area contributed by atoms with Gasteiger partial charge in [-0.3, -0.25) is 4.90 Å². The van der Waals surface area contributed by atoms with Crippen molar-refractivity contribution in [1.29, 1.82) is 5.26 Å². The number of benzene rings is 1. The summed E-state index contributed by atoms with van der Waals surface area (Å²) in [6.45, 7) is 5.54. The SMILES string of the molecule is CCN1CCC(CNC)C1c1ccc(C#N)cc1. The van der Waals surface area contributed by atoms with Gasteiger partial charge in [0.1, 0.15) is 0 Å². The second kappa shape index (κ2) is 5.99. The molecule has 1 aliphatic rings. The van der Waals surface area contributed by atoms with Crippen LogP contribution in [0.15, 0.2) is 24.3 Å². The molecule has 3 heteroatoms. The Labute approximate surface area is 109 Å². The van der Waals surface area contributed by atoms with Crippen molar-refractivity contribution in [2.75, 3.05) is 26.7 Å². The molecular formula is C15H21N3. The normalized spacial score (nSPS) is 24.1. The van der Waals surface area contributed by atoms with E-state index >= 15 is 0 Å².